The van der Waals surface area contributed by atoms with Crippen LogP contribution in [0.5, 0.6) is 0 Å². The van der Waals surface area contributed by atoms with Crippen LogP contribution in [0.1, 0.15) is 52.4 Å². The molecular formula is C13H26N2O2. The molecule has 0 heterocycles. The van der Waals surface area contributed by atoms with Crippen LogP contribution in [-0.4, -0.2) is 35.7 Å². The molecule has 1 saturated carbocycles. The van der Waals surface area contributed by atoms with E-state index in [0.717, 1.165) is 38.6 Å². The van der Waals surface area contributed by atoms with E-state index in [2.05, 4.69) is 24.5 Å². The number of carbonyl (C=O) groups excluding carboxylic acids is 1. The maximum atomic E-state index is 11.6. The number of nitrogens with one attached hydrogen (secondary N) is 2. The Bertz CT molecular complexity index is 223. The maximum Gasteiger partial charge on any atom is 0.220 e. The van der Waals surface area contributed by atoms with Gasteiger partial charge >= 0.3 is 0 Å². The Labute approximate surface area is 104 Å². The molecule has 0 atom stereocenters. The van der Waals surface area contributed by atoms with Gasteiger partial charge < -0.3 is 15.7 Å². The minimum atomic E-state index is -0.154. The SMILES string of the molecule is CC(C)NCCCC(=O)NC1CCC(O)CC1. The van der Waals surface area contributed by atoms with Crippen LogP contribution in [0.2, 0.25) is 0 Å². The van der Waals surface area contributed by atoms with Gasteiger partial charge in [-0.25, -0.2) is 0 Å². The fourth-order valence-corrected chi connectivity index (χ4v) is 2.16. The van der Waals surface area contributed by atoms with Crippen LogP contribution in [0, 0.1) is 0 Å². The Hall–Kier alpha value is -0.610. The highest BCUT2D eigenvalue weighted by Crippen LogP contribution is 2.18. The second kappa shape index (κ2) is 7.67. The second-order valence-corrected chi connectivity index (χ2v) is 5.29. The quantitative estimate of drug-likeness (QED) is 0.613. The van der Waals surface area contributed by atoms with E-state index < -0.39 is 0 Å². The summed E-state index contributed by atoms with van der Waals surface area (Å²) in [6.07, 6.45) is 4.80. The van der Waals surface area contributed by atoms with Gasteiger partial charge in [0.05, 0.1) is 6.10 Å². The number of hydrogen-bond donors (Lipinski definition) is 3. The van der Waals surface area contributed by atoms with E-state index in [-0.39, 0.29) is 18.1 Å². The van der Waals surface area contributed by atoms with E-state index in [1.165, 1.54) is 0 Å². The highest BCUT2D eigenvalue weighted by molar-refractivity contribution is 5.76. The zero-order valence-electron chi connectivity index (χ0n) is 11.0. The van der Waals surface area contributed by atoms with Crippen LogP contribution in [0.3, 0.4) is 0 Å². The Morgan fingerprint density at radius 1 is 1.29 bits per heavy atom. The molecule has 17 heavy (non-hydrogen) atoms. The van der Waals surface area contributed by atoms with Crippen LogP contribution in [0.25, 0.3) is 0 Å². The van der Waals surface area contributed by atoms with Gasteiger partial charge in [0.2, 0.25) is 5.91 Å². The third-order valence-corrected chi connectivity index (χ3v) is 3.20. The van der Waals surface area contributed by atoms with Gasteiger partial charge in [0.15, 0.2) is 0 Å². The van der Waals surface area contributed by atoms with Crippen molar-refractivity contribution in [2.75, 3.05) is 6.54 Å². The van der Waals surface area contributed by atoms with E-state index in [4.69, 9.17) is 0 Å². The van der Waals surface area contributed by atoms with Crippen molar-refractivity contribution in [3.05, 3.63) is 0 Å². The topological polar surface area (TPSA) is 61.4 Å². The van der Waals surface area contributed by atoms with Crippen molar-refractivity contribution in [1.29, 1.82) is 0 Å². The van der Waals surface area contributed by atoms with Gasteiger partial charge in [0.25, 0.3) is 0 Å². The molecule has 4 nitrogen and oxygen atoms in total. The van der Waals surface area contributed by atoms with Gasteiger partial charge in [-0.05, 0) is 38.6 Å². The van der Waals surface area contributed by atoms with Crippen LogP contribution >= 0.6 is 0 Å². The summed E-state index contributed by atoms with van der Waals surface area (Å²) in [6, 6.07) is 0.766. The zero-order valence-corrected chi connectivity index (χ0v) is 11.0. The van der Waals surface area contributed by atoms with Crippen LogP contribution in [0.4, 0.5) is 0 Å². The molecular weight excluding hydrogens is 216 g/mol. The van der Waals surface area contributed by atoms with Gasteiger partial charge in [-0.15, -0.1) is 0 Å². The number of aliphatic hydroxyl groups excluding tert-OH is 1. The third-order valence-electron chi connectivity index (χ3n) is 3.20. The molecule has 0 aromatic rings. The monoisotopic (exact) mass is 242 g/mol. The molecule has 1 fully saturated rings. The Kier molecular flexibility index (Phi) is 6.52. The van der Waals surface area contributed by atoms with Gasteiger partial charge in [-0.1, -0.05) is 13.8 Å². The summed E-state index contributed by atoms with van der Waals surface area (Å²) in [5, 5.41) is 15.7. The van der Waals surface area contributed by atoms with Crippen molar-refractivity contribution in [3.8, 4) is 0 Å². The lowest BCUT2D eigenvalue weighted by molar-refractivity contribution is -0.122. The molecule has 0 aromatic carbocycles. The van der Waals surface area contributed by atoms with E-state index in [9.17, 15) is 9.90 Å². The predicted octanol–water partition coefficient (Wildman–Crippen LogP) is 1.18. The van der Waals surface area contributed by atoms with Crippen LogP contribution < -0.4 is 10.6 Å². The minimum absolute atomic E-state index is 0.150. The van der Waals surface area contributed by atoms with Crippen molar-refractivity contribution in [1.82, 2.24) is 10.6 Å². The Morgan fingerprint density at radius 3 is 2.53 bits per heavy atom. The highest BCUT2D eigenvalue weighted by Gasteiger charge is 2.20. The van der Waals surface area contributed by atoms with Gasteiger partial charge in [-0.3, -0.25) is 4.79 Å². The lowest BCUT2D eigenvalue weighted by Crippen LogP contribution is -2.38. The van der Waals surface area contributed by atoms with Crippen molar-refractivity contribution in [2.24, 2.45) is 0 Å². The predicted molar refractivity (Wildman–Crippen MR) is 68.8 cm³/mol. The number of rotatable bonds is 6. The average molecular weight is 242 g/mol. The fraction of sp³-hybridized carbons (Fsp3) is 0.923. The lowest BCUT2D eigenvalue weighted by atomic mass is 9.93. The van der Waals surface area contributed by atoms with Crippen LogP contribution in [-0.2, 0) is 4.79 Å². The number of hydrogen-bond acceptors (Lipinski definition) is 3. The van der Waals surface area contributed by atoms with Crippen molar-refractivity contribution < 1.29 is 9.90 Å². The summed E-state index contributed by atoms with van der Waals surface area (Å²) in [4.78, 5) is 11.6. The van der Waals surface area contributed by atoms with Crippen molar-refractivity contribution in [2.45, 2.75) is 70.6 Å². The largest absolute Gasteiger partial charge is 0.393 e. The molecule has 3 N–H and O–H groups in total. The molecule has 0 spiro atoms. The summed E-state index contributed by atoms with van der Waals surface area (Å²) in [6.45, 7) is 5.11. The van der Waals surface area contributed by atoms with E-state index in [1.54, 1.807) is 0 Å². The van der Waals surface area contributed by atoms with Crippen LogP contribution in [0.15, 0.2) is 0 Å². The van der Waals surface area contributed by atoms with Gasteiger partial charge in [-0.2, -0.15) is 0 Å². The molecule has 0 aliphatic heterocycles. The fourth-order valence-electron chi connectivity index (χ4n) is 2.16. The van der Waals surface area contributed by atoms with Crippen molar-refractivity contribution in [3.63, 3.8) is 0 Å². The first-order valence-electron chi connectivity index (χ1n) is 6.78. The first-order chi connectivity index (χ1) is 8.08. The molecule has 0 bridgehead atoms. The second-order valence-electron chi connectivity index (χ2n) is 5.29. The molecule has 0 unspecified atom stereocenters. The van der Waals surface area contributed by atoms with Gasteiger partial charge in [0.1, 0.15) is 0 Å². The molecule has 0 radical (unpaired) electrons. The number of aliphatic hydroxyl groups is 1. The summed E-state index contributed by atoms with van der Waals surface area (Å²) in [5.41, 5.74) is 0. The smallest absolute Gasteiger partial charge is 0.220 e. The summed E-state index contributed by atoms with van der Waals surface area (Å²) < 4.78 is 0. The van der Waals surface area contributed by atoms with Crippen molar-refractivity contribution >= 4 is 5.91 Å². The van der Waals surface area contributed by atoms with Gasteiger partial charge in [0, 0.05) is 18.5 Å². The number of carbonyl (C=O) groups is 1. The minimum Gasteiger partial charge on any atom is -0.393 e. The summed E-state index contributed by atoms with van der Waals surface area (Å²) in [7, 11) is 0. The molecule has 1 rings (SSSR count). The first kappa shape index (κ1) is 14.5. The summed E-state index contributed by atoms with van der Waals surface area (Å²) >= 11 is 0. The van der Waals surface area contributed by atoms with E-state index in [0.29, 0.717) is 12.5 Å². The Balaban J connectivity index is 2.04. The molecule has 1 amide bonds. The highest BCUT2D eigenvalue weighted by atomic mass is 16.3. The molecule has 1 aliphatic carbocycles. The molecule has 100 valence electrons. The van der Waals surface area contributed by atoms with E-state index in [1.807, 2.05) is 0 Å². The molecule has 0 aromatic heterocycles. The third kappa shape index (κ3) is 6.64. The zero-order chi connectivity index (χ0) is 12.7. The summed E-state index contributed by atoms with van der Waals surface area (Å²) in [5.74, 6) is 0.150. The normalized spacial score (nSPS) is 24.9. The standard InChI is InChI=1S/C13H26N2O2/c1-10(2)14-9-3-4-13(17)15-11-5-7-12(16)8-6-11/h10-12,14,16H,3-9H2,1-2H3,(H,15,17). The Morgan fingerprint density at radius 2 is 1.94 bits per heavy atom. The molecule has 1 aliphatic rings. The maximum absolute atomic E-state index is 11.6. The number of amides is 1. The lowest BCUT2D eigenvalue weighted by Gasteiger charge is -2.26. The molecule has 0 saturated heterocycles. The first-order valence-corrected chi connectivity index (χ1v) is 6.78. The van der Waals surface area contributed by atoms with E-state index >= 15 is 0 Å². The molecule has 4 heteroatoms. The average Bonchev–Trinajstić information content (AvgIpc) is 2.27.